The van der Waals surface area contributed by atoms with Gasteiger partial charge in [0.2, 0.25) is 11.8 Å². The maximum atomic E-state index is 12.7. The predicted octanol–water partition coefficient (Wildman–Crippen LogP) is 1.28. The Labute approximate surface area is 181 Å². The molecule has 0 radical (unpaired) electrons. The molecule has 1 aromatic carbocycles. The zero-order valence-electron chi connectivity index (χ0n) is 17.2. The molecule has 2 aliphatic rings. The molecule has 0 spiro atoms. The van der Waals surface area contributed by atoms with Crippen LogP contribution in [0.4, 0.5) is 0 Å². The maximum Gasteiger partial charge on any atom is 0.236 e. The first-order valence-corrected chi connectivity index (χ1v) is 11.4. The van der Waals surface area contributed by atoms with Crippen molar-refractivity contribution in [2.45, 2.75) is 12.8 Å². The quantitative estimate of drug-likeness (QED) is 0.694. The van der Waals surface area contributed by atoms with Gasteiger partial charge < -0.3 is 14.5 Å². The van der Waals surface area contributed by atoms with Crippen molar-refractivity contribution >= 4 is 23.2 Å². The van der Waals surface area contributed by atoms with Crippen LogP contribution in [0.1, 0.15) is 16.3 Å². The fourth-order valence-electron chi connectivity index (χ4n) is 3.81. The third kappa shape index (κ3) is 5.65. The molecule has 0 atom stereocenters. The van der Waals surface area contributed by atoms with Gasteiger partial charge in [0.25, 0.3) is 0 Å². The number of thiazole rings is 1. The van der Waals surface area contributed by atoms with Crippen LogP contribution in [0.15, 0.2) is 35.7 Å². The molecule has 0 aliphatic carbocycles. The molecule has 2 fully saturated rings. The van der Waals surface area contributed by atoms with Gasteiger partial charge in [0.05, 0.1) is 36.9 Å². The van der Waals surface area contributed by atoms with Crippen molar-refractivity contribution in [3.05, 3.63) is 52.0 Å². The highest BCUT2D eigenvalue weighted by Gasteiger charge is 2.25. The maximum absolute atomic E-state index is 12.7. The van der Waals surface area contributed by atoms with E-state index in [2.05, 4.69) is 22.0 Å². The molecule has 0 saturated carbocycles. The number of benzene rings is 1. The number of piperazine rings is 1. The fraction of sp³-hybridized carbons (Fsp3) is 0.500. The summed E-state index contributed by atoms with van der Waals surface area (Å²) >= 11 is 1.61. The number of morpholine rings is 1. The molecular formula is C22H28N4O3S. The van der Waals surface area contributed by atoms with Crippen molar-refractivity contribution in [1.82, 2.24) is 19.7 Å². The summed E-state index contributed by atoms with van der Waals surface area (Å²) in [7, 11) is 0. The normalized spacial score (nSPS) is 17.9. The van der Waals surface area contributed by atoms with E-state index in [-0.39, 0.29) is 11.8 Å². The third-order valence-corrected chi connectivity index (χ3v) is 6.48. The van der Waals surface area contributed by atoms with Gasteiger partial charge >= 0.3 is 0 Å². The van der Waals surface area contributed by atoms with Gasteiger partial charge in [-0.25, -0.2) is 4.98 Å². The molecule has 2 saturated heterocycles. The SMILES string of the molecule is O=C(Cc1csc(Cc2ccccc2)n1)N1CCN(CC(=O)N2CCOCC2)CC1. The molecule has 3 heterocycles. The lowest BCUT2D eigenvalue weighted by Crippen LogP contribution is -2.52. The number of aromatic nitrogens is 1. The minimum absolute atomic E-state index is 0.116. The first-order chi connectivity index (χ1) is 14.7. The number of hydrogen-bond acceptors (Lipinski definition) is 6. The molecule has 0 bridgehead atoms. The molecule has 7 nitrogen and oxygen atoms in total. The Morgan fingerprint density at radius 2 is 1.63 bits per heavy atom. The molecule has 0 unspecified atom stereocenters. The van der Waals surface area contributed by atoms with Crippen LogP contribution in [0.5, 0.6) is 0 Å². The average molecular weight is 429 g/mol. The second-order valence-electron chi connectivity index (χ2n) is 7.72. The lowest BCUT2D eigenvalue weighted by atomic mass is 10.2. The van der Waals surface area contributed by atoms with Crippen molar-refractivity contribution in [3.63, 3.8) is 0 Å². The third-order valence-electron chi connectivity index (χ3n) is 5.58. The van der Waals surface area contributed by atoms with Crippen LogP contribution < -0.4 is 0 Å². The van der Waals surface area contributed by atoms with Crippen molar-refractivity contribution in [3.8, 4) is 0 Å². The lowest BCUT2D eigenvalue weighted by molar-refractivity contribution is -0.137. The van der Waals surface area contributed by atoms with Crippen LogP contribution in [-0.4, -0.2) is 90.5 Å². The van der Waals surface area contributed by atoms with Gasteiger partial charge in [0.1, 0.15) is 0 Å². The summed E-state index contributed by atoms with van der Waals surface area (Å²) in [5.74, 6) is 0.275. The van der Waals surface area contributed by atoms with Gasteiger partial charge in [-0.3, -0.25) is 14.5 Å². The smallest absolute Gasteiger partial charge is 0.236 e. The molecule has 1 aromatic heterocycles. The Hall–Kier alpha value is -2.29. The van der Waals surface area contributed by atoms with E-state index >= 15 is 0 Å². The summed E-state index contributed by atoms with van der Waals surface area (Å²) in [6.07, 6.45) is 1.15. The van der Waals surface area contributed by atoms with Crippen LogP contribution in [0.3, 0.4) is 0 Å². The van der Waals surface area contributed by atoms with Crippen molar-refractivity contribution < 1.29 is 14.3 Å². The Morgan fingerprint density at radius 1 is 0.933 bits per heavy atom. The molecule has 160 valence electrons. The first kappa shape index (κ1) is 21.0. The molecule has 0 N–H and O–H groups in total. The van der Waals surface area contributed by atoms with E-state index in [1.165, 1.54) is 5.56 Å². The highest BCUT2D eigenvalue weighted by Crippen LogP contribution is 2.16. The van der Waals surface area contributed by atoms with E-state index < -0.39 is 0 Å². The topological polar surface area (TPSA) is 66.0 Å². The van der Waals surface area contributed by atoms with Crippen molar-refractivity contribution in [2.75, 3.05) is 59.0 Å². The number of carbonyl (C=O) groups is 2. The van der Waals surface area contributed by atoms with Crippen LogP contribution in [-0.2, 0) is 27.2 Å². The number of rotatable bonds is 6. The Balaban J connectivity index is 1.21. The zero-order valence-corrected chi connectivity index (χ0v) is 18.0. The molecular weight excluding hydrogens is 400 g/mol. The molecule has 4 rings (SSSR count). The summed E-state index contributed by atoms with van der Waals surface area (Å²) in [5.41, 5.74) is 2.08. The van der Waals surface area contributed by atoms with E-state index in [4.69, 9.17) is 4.74 Å². The minimum atomic E-state index is 0.116. The predicted molar refractivity (Wildman–Crippen MR) is 115 cm³/mol. The number of hydrogen-bond donors (Lipinski definition) is 0. The Bertz CT molecular complexity index is 843. The van der Waals surface area contributed by atoms with Crippen molar-refractivity contribution in [1.29, 1.82) is 0 Å². The molecule has 2 amide bonds. The fourth-order valence-corrected chi connectivity index (χ4v) is 4.64. The van der Waals surface area contributed by atoms with E-state index in [0.717, 1.165) is 30.2 Å². The van der Waals surface area contributed by atoms with Crippen molar-refractivity contribution in [2.24, 2.45) is 0 Å². The second kappa shape index (κ2) is 10.1. The molecule has 8 heteroatoms. The van der Waals surface area contributed by atoms with Crippen LogP contribution in [0.25, 0.3) is 0 Å². The molecule has 30 heavy (non-hydrogen) atoms. The highest BCUT2D eigenvalue weighted by molar-refractivity contribution is 7.09. The summed E-state index contributed by atoms with van der Waals surface area (Å²) in [5, 5.41) is 3.03. The number of nitrogens with zero attached hydrogens (tertiary/aromatic N) is 4. The number of ether oxygens (including phenoxy) is 1. The summed E-state index contributed by atoms with van der Waals surface area (Å²) in [6, 6.07) is 10.3. The zero-order chi connectivity index (χ0) is 20.8. The lowest BCUT2D eigenvalue weighted by Gasteiger charge is -2.36. The summed E-state index contributed by atoms with van der Waals surface area (Å²) < 4.78 is 5.30. The molecule has 2 aliphatic heterocycles. The monoisotopic (exact) mass is 428 g/mol. The average Bonchev–Trinajstić information content (AvgIpc) is 3.22. The Morgan fingerprint density at radius 3 is 2.37 bits per heavy atom. The van der Waals surface area contributed by atoms with Gasteiger partial charge in [0, 0.05) is 51.1 Å². The first-order valence-electron chi connectivity index (χ1n) is 10.5. The van der Waals surface area contributed by atoms with Gasteiger partial charge in [-0.05, 0) is 5.56 Å². The highest BCUT2D eigenvalue weighted by atomic mass is 32.1. The molecule has 2 aromatic rings. The largest absolute Gasteiger partial charge is 0.378 e. The van der Waals surface area contributed by atoms with Gasteiger partial charge in [-0.1, -0.05) is 30.3 Å². The Kier molecular flexibility index (Phi) is 7.09. The minimum Gasteiger partial charge on any atom is -0.378 e. The number of amides is 2. The summed E-state index contributed by atoms with van der Waals surface area (Å²) in [4.78, 5) is 35.6. The summed E-state index contributed by atoms with van der Waals surface area (Å²) in [6.45, 7) is 5.82. The van der Waals surface area contributed by atoms with E-state index in [0.29, 0.717) is 52.4 Å². The van der Waals surface area contributed by atoms with Crippen LogP contribution in [0.2, 0.25) is 0 Å². The van der Waals surface area contributed by atoms with E-state index in [1.54, 1.807) is 11.3 Å². The van der Waals surface area contributed by atoms with Gasteiger partial charge in [-0.15, -0.1) is 11.3 Å². The standard InChI is InChI=1S/C22H28N4O3S/c27-21(15-19-17-30-20(23-19)14-18-4-2-1-3-5-18)25-8-6-24(7-9-25)16-22(28)26-10-12-29-13-11-26/h1-5,17H,6-16H2. The van der Waals surface area contributed by atoms with Crippen LogP contribution in [0, 0.1) is 0 Å². The number of carbonyl (C=O) groups excluding carboxylic acids is 2. The van der Waals surface area contributed by atoms with Gasteiger partial charge in [0.15, 0.2) is 0 Å². The van der Waals surface area contributed by atoms with E-state index in [9.17, 15) is 9.59 Å². The van der Waals surface area contributed by atoms with Crippen LogP contribution >= 0.6 is 11.3 Å². The second-order valence-corrected chi connectivity index (χ2v) is 8.66. The van der Waals surface area contributed by atoms with Gasteiger partial charge in [-0.2, -0.15) is 0 Å². The van der Waals surface area contributed by atoms with E-state index in [1.807, 2.05) is 33.4 Å².